The molecule has 110 valence electrons. The molecule has 0 aliphatic rings. The maximum absolute atomic E-state index is 5.73. The second-order valence-corrected chi connectivity index (χ2v) is 4.80. The first-order valence-electron chi connectivity index (χ1n) is 6.64. The molecule has 0 amide bonds. The summed E-state index contributed by atoms with van der Waals surface area (Å²) >= 11 is 0. The van der Waals surface area contributed by atoms with Gasteiger partial charge in [0.25, 0.3) is 0 Å². The van der Waals surface area contributed by atoms with Crippen LogP contribution in [-0.2, 0) is 16.0 Å². The third-order valence-corrected chi connectivity index (χ3v) is 3.71. The lowest BCUT2D eigenvalue weighted by Gasteiger charge is -2.35. The zero-order valence-electron chi connectivity index (χ0n) is 12.3. The summed E-state index contributed by atoms with van der Waals surface area (Å²) in [6.07, 6.45) is 3.55. The standard InChI is InChI=1S/C13H26N4O2/c1-5-13(2,19-4)12(16-14)11-7-8-15-17(11)9-6-10-18-3/h7-8,12,16H,5-6,9-10,14H2,1-4H3. The van der Waals surface area contributed by atoms with Gasteiger partial charge in [0.1, 0.15) is 0 Å². The number of hydrogen-bond donors (Lipinski definition) is 2. The van der Waals surface area contributed by atoms with E-state index < -0.39 is 0 Å². The van der Waals surface area contributed by atoms with E-state index in [1.807, 2.05) is 17.7 Å². The maximum Gasteiger partial charge on any atom is 0.0915 e. The van der Waals surface area contributed by atoms with Crippen LogP contribution in [-0.4, -0.2) is 36.2 Å². The van der Waals surface area contributed by atoms with Gasteiger partial charge in [-0.25, -0.2) is 5.43 Å². The molecule has 0 aliphatic carbocycles. The van der Waals surface area contributed by atoms with Crippen LogP contribution < -0.4 is 11.3 Å². The van der Waals surface area contributed by atoms with E-state index in [0.717, 1.165) is 31.7 Å². The Morgan fingerprint density at radius 2 is 2.26 bits per heavy atom. The van der Waals surface area contributed by atoms with E-state index in [1.54, 1.807) is 20.4 Å². The molecule has 2 atom stereocenters. The Morgan fingerprint density at radius 1 is 1.53 bits per heavy atom. The van der Waals surface area contributed by atoms with Crippen LogP contribution in [0.25, 0.3) is 0 Å². The van der Waals surface area contributed by atoms with Crippen molar-refractivity contribution in [2.24, 2.45) is 5.84 Å². The van der Waals surface area contributed by atoms with Crippen molar-refractivity contribution in [3.63, 3.8) is 0 Å². The molecule has 0 saturated carbocycles. The van der Waals surface area contributed by atoms with Crippen LogP contribution in [0.1, 0.15) is 38.4 Å². The summed E-state index contributed by atoms with van der Waals surface area (Å²) in [5.74, 6) is 5.73. The van der Waals surface area contributed by atoms with Crippen molar-refractivity contribution >= 4 is 0 Å². The Kier molecular flexibility index (Phi) is 6.44. The van der Waals surface area contributed by atoms with E-state index in [4.69, 9.17) is 15.3 Å². The molecule has 6 nitrogen and oxygen atoms in total. The highest BCUT2D eigenvalue weighted by molar-refractivity contribution is 5.12. The molecular formula is C13H26N4O2. The van der Waals surface area contributed by atoms with Gasteiger partial charge < -0.3 is 9.47 Å². The topological polar surface area (TPSA) is 74.3 Å². The Bertz CT molecular complexity index is 363. The molecule has 0 fully saturated rings. The van der Waals surface area contributed by atoms with Gasteiger partial charge in [-0.3, -0.25) is 10.5 Å². The highest BCUT2D eigenvalue weighted by Gasteiger charge is 2.35. The molecule has 19 heavy (non-hydrogen) atoms. The largest absolute Gasteiger partial charge is 0.385 e. The van der Waals surface area contributed by atoms with Gasteiger partial charge in [0.2, 0.25) is 0 Å². The molecule has 6 heteroatoms. The van der Waals surface area contributed by atoms with E-state index >= 15 is 0 Å². The van der Waals surface area contributed by atoms with E-state index in [-0.39, 0.29) is 11.6 Å². The fraction of sp³-hybridized carbons (Fsp3) is 0.769. The minimum Gasteiger partial charge on any atom is -0.385 e. The summed E-state index contributed by atoms with van der Waals surface area (Å²) in [5.41, 5.74) is 3.53. The first-order chi connectivity index (χ1) is 9.12. The minimum atomic E-state index is -0.367. The summed E-state index contributed by atoms with van der Waals surface area (Å²) in [6, 6.07) is 1.87. The zero-order chi connectivity index (χ0) is 14.3. The number of methoxy groups -OCH3 is 2. The number of aromatic nitrogens is 2. The highest BCUT2D eigenvalue weighted by atomic mass is 16.5. The van der Waals surface area contributed by atoms with Gasteiger partial charge in [-0.05, 0) is 25.8 Å². The molecule has 1 heterocycles. The fourth-order valence-electron chi connectivity index (χ4n) is 2.17. The molecule has 1 rings (SSSR count). The van der Waals surface area contributed by atoms with Crippen molar-refractivity contribution in [1.82, 2.24) is 15.2 Å². The normalized spacial score (nSPS) is 16.3. The predicted octanol–water partition coefficient (Wildman–Crippen LogP) is 1.24. The molecule has 1 aromatic heterocycles. The number of rotatable bonds is 9. The van der Waals surface area contributed by atoms with Crippen molar-refractivity contribution in [2.45, 2.75) is 44.9 Å². The van der Waals surface area contributed by atoms with Crippen molar-refractivity contribution in [3.8, 4) is 0 Å². The molecule has 1 aromatic rings. The Hall–Kier alpha value is -0.950. The summed E-state index contributed by atoms with van der Waals surface area (Å²) in [4.78, 5) is 0. The van der Waals surface area contributed by atoms with E-state index in [0.29, 0.717) is 0 Å². The second-order valence-electron chi connectivity index (χ2n) is 4.80. The number of hydrogen-bond acceptors (Lipinski definition) is 5. The van der Waals surface area contributed by atoms with Crippen molar-refractivity contribution in [2.75, 3.05) is 20.8 Å². The van der Waals surface area contributed by atoms with Gasteiger partial charge in [-0.2, -0.15) is 5.10 Å². The van der Waals surface area contributed by atoms with Crippen LogP contribution in [0.4, 0.5) is 0 Å². The average Bonchev–Trinajstić information content (AvgIpc) is 2.88. The molecule has 0 aliphatic heterocycles. The number of hydrazine groups is 1. The van der Waals surface area contributed by atoms with Gasteiger partial charge >= 0.3 is 0 Å². The third kappa shape index (κ3) is 3.76. The van der Waals surface area contributed by atoms with Gasteiger partial charge in [-0.1, -0.05) is 6.92 Å². The van der Waals surface area contributed by atoms with Crippen LogP contribution in [0.3, 0.4) is 0 Å². The van der Waals surface area contributed by atoms with Crippen molar-refractivity contribution in [3.05, 3.63) is 18.0 Å². The smallest absolute Gasteiger partial charge is 0.0915 e. The SMILES string of the molecule is CCC(C)(OC)C(NN)c1ccnn1CCCOC. The highest BCUT2D eigenvalue weighted by Crippen LogP contribution is 2.30. The van der Waals surface area contributed by atoms with Crippen LogP contribution in [0.2, 0.25) is 0 Å². The average molecular weight is 270 g/mol. The Morgan fingerprint density at radius 3 is 2.79 bits per heavy atom. The van der Waals surface area contributed by atoms with Gasteiger partial charge in [0.15, 0.2) is 0 Å². The van der Waals surface area contributed by atoms with Gasteiger partial charge in [0, 0.05) is 33.6 Å². The first kappa shape index (κ1) is 16.1. The molecule has 0 radical (unpaired) electrons. The maximum atomic E-state index is 5.73. The van der Waals surface area contributed by atoms with Gasteiger partial charge in [0.05, 0.1) is 17.3 Å². The fourth-order valence-corrected chi connectivity index (χ4v) is 2.17. The Balaban J connectivity index is 2.89. The summed E-state index contributed by atoms with van der Waals surface area (Å²) < 4.78 is 12.7. The number of ether oxygens (including phenoxy) is 2. The lowest BCUT2D eigenvalue weighted by molar-refractivity contribution is -0.0323. The number of nitrogens with one attached hydrogen (secondary N) is 1. The van der Waals surface area contributed by atoms with Crippen molar-refractivity contribution in [1.29, 1.82) is 0 Å². The van der Waals surface area contributed by atoms with Crippen LogP contribution in [0, 0.1) is 0 Å². The molecular weight excluding hydrogens is 244 g/mol. The third-order valence-electron chi connectivity index (χ3n) is 3.71. The quantitative estimate of drug-likeness (QED) is 0.401. The summed E-state index contributed by atoms with van der Waals surface area (Å²) in [6.45, 7) is 5.65. The lowest BCUT2D eigenvalue weighted by atomic mass is 9.91. The molecule has 0 bridgehead atoms. The van der Waals surface area contributed by atoms with Crippen LogP contribution in [0.15, 0.2) is 12.3 Å². The molecule has 3 N–H and O–H groups in total. The van der Waals surface area contributed by atoms with Crippen molar-refractivity contribution < 1.29 is 9.47 Å². The molecule has 0 spiro atoms. The molecule has 0 aromatic carbocycles. The van der Waals surface area contributed by atoms with Crippen LogP contribution >= 0.6 is 0 Å². The summed E-state index contributed by atoms with van der Waals surface area (Å²) in [7, 11) is 3.41. The molecule has 2 unspecified atom stereocenters. The first-order valence-corrected chi connectivity index (χ1v) is 6.64. The number of nitrogens with two attached hydrogens (primary N) is 1. The molecule has 0 saturated heterocycles. The summed E-state index contributed by atoms with van der Waals surface area (Å²) in [5, 5.41) is 4.35. The van der Waals surface area contributed by atoms with E-state index in [2.05, 4.69) is 17.4 Å². The number of nitrogens with zero attached hydrogens (tertiary/aromatic N) is 2. The predicted molar refractivity (Wildman–Crippen MR) is 74.5 cm³/mol. The van der Waals surface area contributed by atoms with Crippen LogP contribution in [0.5, 0.6) is 0 Å². The van der Waals surface area contributed by atoms with E-state index in [1.165, 1.54) is 0 Å². The zero-order valence-corrected chi connectivity index (χ0v) is 12.3. The minimum absolute atomic E-state index is 0.104. The Labute approximate surface area is 115 Å². The lowest BCUT2D eigenvalue weighted by Crippen LogP contribution is -2.46. The van der Waals surface area contributed by atoms with Gasteiger partial charge in [-0.15, -0.1) is 0 Å². The van der Waals surface area contributed by atoms with E-state index in [9.17, 15) is 0 Å². The monoisotopic (exact) mass is 270 g/mol. The second kappa shape index (κ2) is 7.59. The number of aryl methyl sites for hydroxylation is 1.